The second-order valence-corrected chi connectivity index (χ2v) is 6.81. The van der Waals surface area contributed by atoms with E-state index in [0.29, 0.717) is 13.1 Å². The maximum atomic E-state index is 12.5. The Labute approximate surface area is 119 Å². The molecule has 2 heterocycles. The Morgan fingerprint density at radius 2 is 2.00 bits per heavy atom. The summed E-state index contributed by atoms with van der Waals surface area (Å²) in [6.45, 7) is 7.56. The van der Waals surface area contributed by atoms with E-state index in [1.165, 1.54) is 0 Å². The van der Waals surface area contributed by atoms with E-state index in [9.17, 15) is 9.59 Å². The highest BCUT2D eigenvalue weighted by Crippen LogP contribution is 2.33. The van der Waals surface area contributed by atoms with Crippen molar-refractivity contribution in [2.75, 3.05) is 26.2 Å². The van der Waals surface area contributed by atoms with Crippen LogP contribution in [0.1, 0.15) is 33.6 Å². The molecule has 0 aromatic rings. The Morgan fingerprint density at radius 3 is 2.55 bits per heavy atom. The van der Waals surface area contributed by atoms with E-state index in [0.717, 1.165) is 19.4 Å². The first-order chi connectivity index (χ1) is 9.23. The van der Waals surface area contributed by atoms with Gasteiger partial charge in [0.1, 0.15) is 12.2 Å². The van der Waals surface area contributed by atoms with Crippen LogP contribution < -0.4 is 5.32 Å². The second-order valence-electron chi connectivity index (χ2n) is 6.81. The van der Waals surface area contributed by atoms with E-state index in [1.54, 1.807) is 4.90 Å². The predicted molar refractivity (Wildman–Crippen MR) is 73.4 cm³/mol. The monoisotopic (exact) mass is 284 g/mol. The van der Waals surface area contributed by atoms with Gasteiger partial charge in [-0.15, -0.1) is 0 Å². The van der Waals surface area contributed by atoms with Crippen LogP contribution in [0.4, 0.5) is 0 Å². The molecule has 6 heteroatoms. The van der Waals surface area contributed by atoms with Gasteiger partial charge in [0.25, 0.3) is 0 Å². The minimum Gasteiger partial charge on any atom is -0.480 e. The van der Waals surface area contributed by atoms with Gasteiger partial charge >= 0.3 is 5.97 Å². The normalized spacial score (nSPS) is 27.8. The fourth-order valence-corrected chi connectivity index (χ4v) is 3.06. The topological polar surface area (TPSA) is 78.9 Å². The van der Waals surface area contributed by atoms with Crippen molar-refractivity contribution in [2.24, 2.45) is 5.41 Å². The molecule has 20 heavy (non-hydrogen) atoms. The molecular weight excluding hydrogens is 260 g/mol. The lowest BCUT2D eigenvalue weighted by Gasteiger charge is -2.50. The van der Waals surface area contributed by atoms with Gasteiger partial charge in [0, 0.05) is 0 Å². The molecule has 2 rings (SSSR count). The van der Waals surface area contributed by atoms with Crippen LogP contribution in [0, 0.1) is 5.41 Å². The van der Waals surface area contributed by atoms with E-state index in [1.807, 2.05) is 6.92 Å². The molecule has 0 spiro atoms. The number of nitrogens with one attached hydrogen (secondary N) is 1. The predicted octanol–water partition coefficient (Wildman–Crippen LogP) is 0.467. The second kappa shape index (κ2) is 5.33. The number of aliphatic carboxylic acids is 1. The lowest BCUT2D eigenvalue weighted by atomic mass is 9.76. The molecule has 2 N–H and O–H groups in total. The average molecular weight is 284 g/mol. The largest absolute Gasteiger partial charge is 0.480 e. The molecule has 6 nitrogen and oxygen atoms in total. The SMILES string of the molecule is CC1(OCC(=O)O)CN(C(=O)C2NCCCC2(C)C)C1. The Bertz CT molecular complexity index is 402. The van der Waals surface area contributed by atoms with Crippen molar-refractivity contribution in [3.05, 3.63) is 0 Å². The van der Waals surface area contributed by atoms with Crippen LogP contribution in [0.3, 0.4) is 0 Å². The average Bonchev–Trinajstić information content (AvgIpc) is 2.31. The number of amides is 1. The van der Waals surface area contributed by atoms with Gasteiger partial charge in [0.15, 0.2) is 0 Å². The van der Waals surface area contributed by atoms with E-state index in [2.05, 4.69) is 19.2 Å². The number of hydrogen-bond acceptors (Lipinski definition) is 4. The molecule has 1 amide bonds. The Kier molecular flexibility index (Phi) is 4.07. The Morgan fingerprint density at radius 1 is 1.35 bits per heavy atom. The fourth-order valence-electron chi connectivity index (χ4n) is 3.06. The van der Waals surface area contributed by atoms with Crippen molar-refractivity contribution in [3.63, 3.8) is 0 Å². The molecule has 0 bridgehead atoms. The third-order valence-electron chi connectivity index (χ3n) is 4.28. The van der Waals surface area contributed by atoms with Crippen molar-refractivity contribution in [2.45, 2.75) is 45.3 Å². The molecule has 0 saturated carbocycles. The minimum absolute atomic E-state index is 0.0384. The molecular formula is C14H24N2O4. The number of carboxylic acid groups (broad SMARTS) is 1. The van der Waals surface area contributed by atoms with Crippen LogP contribution in [0.15, 0.2) is 0 Å². The van der Waals surface area contributed by atoms with E-state index in [-0.39, 0.29) is 24.0 Å². The molecule has 2 saturated heterocycles. The summed E-state index contributed by atoms with van der Waals surface area (Å²) in [5.74, 6) is -0.878. The summed E-state index contributed by atoms with van der Waals surface area (Å²) >= 11 is 0. The van der Waals surface area contributed by atoms with E-state index < -0.39 is 11.6 Å². The first kappa shape index (κ1) is 15.3. The molecule has 2 aliphatic heterocycles. The number of carbonyl (C=O) groups is 2. The molecule has 114 valence electrons. The van der Waals surface area contributed by atoms with E-state index >= 15 is 0 Å². The minimum atomic E-state index is -0.980. The van der Waals surface area contributed by atoms with Crippen molar-refractivity contribution >= 4 is 11.9 Å². The van der Waals surface area contributed by atoms with Gasteiger partial charge in [-0.25, -0.2) is 4.79 Å². The summed E-state index contributed by atoms with van der Waals surface area (Å²) in [5.41, 5.74) is -0.559. The molecule has 2 fully saturated rings. The molecule has 2 aliphatic rings. The van der Waals surface area contributed by atoms with Gasteiger partial charge in [0.2, 0.25) is 5.91 Å². The highest BCUT2D eigenvalue weighted by atomic mass is 16.5. The summed E-state index contributed by atoms with van der Waals surface area (Å²) < 4.78 is 5.33. The highest BCUT2D eigenvalue weighted by molar-refractivity contribution is 5.84. The van der Waals surface area contributed by atoms with Gasteiger partial charge in [-0.1, -0.05) is 13.8 Å². The van der Waals surface area contributed by atoms with Crippen molar-refractivity contribution in [1.82, 2.24) is 10.2 Å². The number of carboxylic acids is 1. The number of ether oxygens (including phenoxy) is 1. The summed E-state index contributed by atoms with van der Waals surface area (Å²) in [7, 11) is 0. The Balaban J connectivity index is 1.88. The van der Waals surface area contributed by atoms with Gasteiger partial charge < -0.3 is 20.1 Å². The Hall–Kier alpha value is -1.14. The van der Waals surface area contributed by atoms with Crippen LogP contribution in [0.25, 0.3) is 0 Å². The smallest absolute Gasteiger partial charge is 0.329 e. The first-order valence-electron chi connectivity index (χ1n) is 7.11. The van der Waals surface area contributed by atoms with Gasteiger partial charge in [0.05, 0.1) is 19.1 Å². The lowest BCUT2D eigenvalue weighted by molar-refractivity contribution is -0.176. The molecule has 1 atom stereocenters. The van der Waals surface area contributed by atoms with Crippen molar-refractivity contribution < 1.29 is 19.4 Å². The fraction of sp³-hybridized carbons (Fsp3) is 0.857. The summed E-state index contributed by atoms with van der Waals surface area (Å²) in [6, 6.07) is -0.153. The van der Waals surface area contributed by atoms with Crippen LogP contribution in [0.2, 0.25) is 0 Å². The van der Waals surface area contributed by atoms with Crippen molar-refractivity contribution in [1.29, 1.82) is 0 Å². The lowest BCUT2D eigenvalue weighted by Crippen LogP contribution is -2.68. The van der Waals surface area contributed by atoms with Crippen LogP contribution in [-0.4, -0.2) is 59.8 Å². The van der Waals surface area contributed by atoms with E-state index in [4.69, 9.17) is 9.84 Å². The quantitative estimate of drug-likeness (QED) is 0.784. The zero-order valence-electron chi connectivity index (χ0n) is 12.4. The zero-order chi connectivity index (χ0) is 15.0. The third kappa shape index (κ3) is 3.12. The number of carbonyl (C=O) groups excluding carboxylic acids is 1. The van der Waals surface area contributed by atoms with Gasteiger partial charge in [-0.2, -0.15) is 0 Å². The number of hydrogen-bond donors (Lipinski definition) is 2. The molecule has 0 aromatic heterocycles. The van der Waals surface area contributed by atoms with Crippen molar-refractivity contribution in [3.8, 4) is 0 Å². The number of piperidine rings is 1. The number of rotatable bonds is 4. The third-order valence-corrected chi connectivity index (χ3v) is 4.28. The number of nitrogens with zero attached hydrogens (tertiary/aromatic N) is 1. The zero-order valence-corrected chi connectivity index (χ0v) is 12.4. The van der Waals surface area contributed by atoms with Crippen LogP contribution in [0.5, 0.6) is 0 Å². The van der Waals surface area contributed by atoms with Crippen LogP contribution in [-0.2, 0) is 14.3 Å². The maximum absolute atomic E-state index is 12.5. The van der Waals surface area contributed by atoms with Crippen LogP contribution >= 0.6 is 0 Å². The molecule has 1 unspecified atom stereocenters. The highest BCUT2D eigenvalue weighted by Gasteiger charge is 2.47. The molecule has 0 aliphatic carbocycles. The summed E-state index contributed by atoms with van der Waals surface area (Å²) in [5, 5.41) is 11.9. The molecule has 0 aromatic carbocycles. The van der Waals surface area contributed by atoms with Gasteiger partial charge in [-0.05, 0) is 31.7 Å². The summed E-state index contributed by atoms with van der Waals surface area (Å²) in [6.07, 6.45) is 2.13. The van der Waals surface area contributed by atoms with Gasteiger partial charge in [-0.3, -0.25) is 4.79 Å². The first-order valence-corrected chi connectivity index (χ1v) is 7.11. The maximum Gasteiger partial charge on any atom is 0.329 e. The standard InChI is InChI=1S/C14H24N2O4/c1-13(2)5-4-6-15-11(13)12(19)16-8-14(3,9-16)20-7-10(17)18/h11,15H,4-9H2,1-3H3,(H,17,18). The summed E-state index contributed by atoms with van der Waals surface area (Å²) in [4.78, 5) is 24.8. The number of likely N-dealkylation sites (tertiary alicyclic amines) is 1. The molecule has 0 radical (unpaired) electrons.